The molecule has 3 rings (SSSR count). The molecule has 0 aromatic heterocycles. The minimum Gasteiger partial charge on any atom is -0.493 e. The molecule has 32 heavy (non-hydrogen) atoms. The maximum atomic E-state index is 13.1. The Balaban J connectivity index is 1.88. The standard InChI is InChI=1S/C24H27N3O4S/c1-4-5-12-27-23(29)21(32-24(27)26-18-9-6-16(2)7-10-18)14-17-8-11-19(20(13-17)30-3)31-15-22(25)28/h6-11,13-14H,4-5,12,15H2,1-3H3,(H2,25,28)/b21-14+,26-24?. The van der Waals surface area contributed by atoms with E-state index in [1.807, 2.05) is 37.3 Å². The van der Waals surface area contributed by atoms with Crippen LogP contribution in [0.3, 0.4) is 0 Å². The number of carbonyl (C=O) groups is 2. The van der Waals surface area contributed by atoms with Crippen LogP contribution >= 0.6 is 11.8 Å². The fourth-order valence-electron chi connectivity index (χ4n) is 3.03. The third kappa shape index (κ3) is 5.91. The van der Waals surface area contributed by atoms with E-state index in [0.29, 0.717) is 28.1 Å². The highest BCUT2D eigenvalue weighted by molar-refractivity contribution is 8.18. The number of aliphatic imine (C=N–C) groups is 1. The third-order valence-corrected chi connectivity index (χ3v) is 5.74. The van der Waals surface area contributed by atoms with Crippen LogP contribution in [0.1, 0.15) is 30.9 Å². The van der Waals surface area contributed by atoms with Crippen molar-refractivity contribution < 1.29 is 19.1 Å². The number of unbranched alkanes of at least 4 members (excludes halogenated alkanes) is 1. The molecule has 8 heteroatoms. The molecular weight excluding hydrogens is 426 g/mol. The van der Waals surface area contributed by atoms with Crippen LogP contribution in [0.5, 0.6) is 11.5 Å². The number of hydrogen-bond donors (Lipinski definition) is 1. The van der Waals surface area contributed by atoms with Crippen molar-refractivity contribution in [1.29, 1.82) is 0 Å². The summed E-state index contributed by atoms with van der Waals surface area (Å²) in [5.41, 5.74) is 7.88. The van der Waals surface area contributed by atoms with Crippen LogP contribution in [-0.4, -0.2) is 42.1 Å². The van der Waals surface area contributed by atoms with E-state index in [1.54, 1.807) is 23.1 Å². The second-order valence-electron chi connectivity index (χ2n) is 7.32. The minimum atomic E-state index is -0.571. The normalized spacial score (nSPS) is 16.1. The van der Waals surface area contributed by atoms with Crippen LogP contribution in [0, 0.1) is 6.92 Å². The summed E-state index contributed by atoms with van der Waals surface area (Å²) in [6, 6.07) is 13.1. The zero-order chi connectivity index (χ0) is 23.1. The largest absolute Gasteiger partial charge is 0.493 e. The van der Waals surface area contributed by atoms with Crippen molar-refractivity contribution in [3.8, 4) is 11.5 Å². The lowest BCUT2D eigenvalue weighted by molar-refractivity contribution is -0.122. The van der Waals surface area contributed by atoms with E-state index >= 15 is 0 Å². The molecule has 0 unspecified atom stereocenters. The van der Waals surface area contributed by atoms with E-state index in [0.717, 1.165) is 29.7 Å². The molecule has 2 aromatic carbocycles. The maximum Gasteiger partial charge on any atom is 0.266 e. The van der Waals surface area contributed by atoms with Crippen LogP contribution in [0.4, 0.5) is 5.69 Å². The highest BCUT2D eigenvalue weighted by atomic mass is 32.2. The predicted molar refractivity (Wildman–Crippen MR) is 128 cm³/mol. The summed E-state index contributed by atoms with van der Waals surface area (Å²) in [7, 11) is 1.51. The van der Waals surface area contributed by atoms with Crippen molar-refractivity contribution in [3.63, 3.8) is 0 Å². The first-order chi connectivity index (χ1) is 15.4. The number of methoxy groups -OCH3 is 1. The lowest BCUT2D eigenvalue weighted by Gasteiger charge is -2.14. The smallest absolute Gasteiger partial charge is 0.266 e. The lowest BCUT2D eigenvalue weighted by Crippen LogP contribution is -2.30. The van der Waals surface area contributed by atoms with Crippen LogP contribution in [0.2, 0.25) is 0 Å². The van der Waals surface area contributed by atoms with E-state index < -0.39 is 5.91 Å². The molecule has 0 atom stereocenters. The molecule has 168 valence electrons. The van der Waals surface area contributed by atoms with E-state index in [2.05, 4.69) is 6.92 Å². The number of primary amides is 1. The second kappa shape index (κ2) is 10.9. The quantitative estimate of drug-likeness (QED) is 0.572. The number of nitrogens with zero attached hydrogens (tertiary/aromatic N) is 2. The third-order valence-electron chi connectivity index (χ3n) is 4.74. The summed E-state index contributed by atoms with van der Waals surface area (Å²) >= 11 is 1.36. The van der Waals surface area contributed by atoms with Crippen LogP contribution in [-0.2, 0) is 9.59 Å². The van der Waals surface area contributed by atoms with Crippen LogP contribution < -0.4 is 15.2 Å². The van der Waals surface area contributed by atoms with Gasteiger partial charge in [-0.15, -0.1) is 0 Å². The highest BCUT2D eigenvalue weighted by Crippen LogP contribution is 2.36. The van der Waals surface area contributed by atoms with E-state index in [4.69, 9.17) is 20.2 Å². The Hall–Kier alpha value is -3.26. The topological polar surface area (TPSA) is 94.2 Å². The van der Waals surface area contributed by atoms with E-state index in [-0.39, 0.29) is 12.5 Å². The Kier molecular flexibility index (Phi) is 7.94. The number of carbonyl (C=O) groups excluding carboxylic acids is 2. The molecule has 1 aliphatic heterocycles. The molecule has 1 heterocycles. The van der Waals surface area contributed by atoms with Gasteiger partial charge >= 0.3 is 0 Å². The van der Waals surface area contributed by atoms with Gasteiger partial charge in [0.15, 0.2) is 23.3 Å². The Morgan fingerprint density at radius 2 is 1.94 bits per heavy atom. The van der Waals surface area contributed by atoms with Crippen molar-refractivity contribution in [1.82, 2.24) is 4.90 Å². The SMILES string of the molecule is CCCCN1C(=O)/C(=C\c2ccc(OCC(N)=O)c(OC)c2)SC1=Nc1ccc(C)cc1. The summed E-state index contributed by atoms with van der Waals surface area (Å²) in [4.78, 5) is 31.1. The van der Waals surface area contributed by atoms with Gasteiger partial charge in [0, 0.05) is 6.54 Å². The molecule has 0 saturated carbocycles. The van der Waals surface area contributed by atoms with E-state index in [1.165, 1.54) is 18.9 Å². The number of amides is 2. The second-order valence-corrected chi connectivity index (χ2v) is 8.33. The van der Waals surface area contributed by atoms with Crippen molar-refractivity contribution in [2.75, 3.05) is 20.3 Å². The maximum absolute atomic E-state index is 13.1. The average Bonchev–Trinajstić information content (AvgIpc) is 3.06. The first-order valence-electron chi connectivity index (χ1n) is 10.4. The average molecular weight is 454 g/mol. The number of ether oxygens (including phenoxy) is 2. The van der Waals surface area contributed by atoms with Crippen molar-refractivity contribution in [2.45, 2.75) is 26.7 Å². The molecule has 0 spiro atoms. The fraction of sp³-hybridized carbons (Fsp3) is 0.292. The van der Waals surface area contributed by atoms with Crippen LogP contribution in [0.15, 0.2) is 52.4 Å². The molecule has 0 aliphatic carbocycles. The summed E-state index contributed by atoms with van der Waals surface area (Å²) < 4.78 is 10.7. The Morgan fingerprint density at radius 3 is 2.59 bits per heavy atom. The van der Waals surface area contributed by atoms with Gasteiger partial charge in [-0.3, -0.25) is 14.5 Å². The van der Waals surface area contributed by atoms with Crippen molar-refractivity contribution in [3.05, 3.63) is 58.5 Å². The summed E-state index contributed by atoms with van der Waals surface area (Å²) in [5.74, 6) is 0.221. The number of hydrogen-bond acceptors (Lipinski definition) is 6. The number of rotatable bonds is 9. The number of nitrogens with two attached hydrogens (primary N) is 1. The zero-order valence-corrected chi connectivity index (χ0v) is 19.3. The van der Waals surface area contributed by atoms with Crippen molar-refractivity contribution >= 4 is 40.5 Å². The monoisotopic (exact) mass is 453 g/mol. The summed E-state index contributed by atoms with van der Waals surface area (Å²) in [6.45, 7) is 4.50. The molecule has 2 amide bonds. The van der Waals surface area contributed by atoms with Gasteiger partial charge < -0.3 is 15.2 Å². The van der Waals surface area contributed by atoms with Crippen molar-refractivity contribution in [2.24, 2.45) is 10.7 Å². The van der Waals surface area contributed by atoms with Crippen LogP contribution in [0.25, 0.3) is 6.08 Å². The molecule has 1 fully saturated rings. The first-order valence-corrected chi connectivity index (χ1v) is 11.2. The number of thioether (sulfide) groups is 1. The molecule has 1 saturated heterocycles. The Labute approximate surface area is 192 Å². The molecule has 0 radical (unpaired) electrons. The number of benzene rings is 2. The first kappa shape index (κ1) is 23.4. The molecule has 1 aliphatic rings. The van der Waals surface area contributed by atoms with Gasteiger partial charge in [-0.1, -0.05) is 37.1 Å². The predicted octanol–water partition coefficient (Wildman–Crippen LogP) is 4.27. The minimum absolute atomic E-state index is 0.0673. The van der Waals surface area contributed by atoms with Gasteiger partial charge in [0.2, 0.25) is 0 Å². The molecule has 7 nitrogen and oxygen atoms in total. The van der Waals surface area contributed by atoms with Gasteiger partial charge in [0.25, 0.3) is 11.8 Å². The van der Waals surface area contributed by atoms with Gasteiger partial charge in [-0.05, 0) is 61.0 Å². The van der Waals surface area contributed by atoms with Gasteiger partial charge in [-0.2, -0.15) is 0 Å². The lowest BCUT2D eigenvalue weighted by atomic mass is 10.2. The zero-order valence-electron chi connectivity index (χ0n) is 18.5. The molecule has 2 aromatic rings. The number of aryl methyl sites for hydroxylation is 1. The highest BCUT2D eigenvalue weighted by Gasteiger charge is 2.33. The Morgan fingerprint density at radius 1 is 1.19 bits per heavy atom. The Bertz CT molecular complexity index is 1050. The molecule has 2 N–H and O–H groups in total. The van der Waals surface area contributed by atoms with E-state index in [9.17, 15) is 9.59 Å². The van der Waals surface area contributed by atoms with Gasteiger partial charge in [0.05, 0.1) is 17.7 Å². The van der Waals surface area contributed by atoms with Gasteiger partial charge in [0.1, 0.15) is 0 Å². The van der Waals surface area contributed by atoms with Gasteiger partial charge in [-0.25, -0.2) is 4.99 Å². The summed E-state index contributed by atoms with van der Waals surface area (Å²) in [6.07, 6.45) is 3.69. The summed E-state index contributed by atoms with van der Waals surface area (Å²) in [5, 5.41) is 0.673. The number of amidine groups is 1. The molecular formula is C24H27N3O4S. The fourth-order valence-corrected chi connectivity index (χ4v) is 4.05. The molecule has 0 bridgehead atoms.